The summed E-state index contributed by atoms with van der Waals surface area (Å²) in [5, 5.41) is 11.7. The Morgan fingerprint density at radius 3 is 2.67 bits per heavy atom. The Bertz CT molecular complexity index is 575. The molecular formula is C15H22N6. The molecule has 0 bridgehead atoms. The predicted octanol–water partition coefficient (Wildman–Crippen LogP) is 2.19. The van der Waals surface area contributed by atoms with E-state index in [-0.39, 0.29) is 11.9 Å². The van der Waals surface area contributed by atoms with Crippen LogP contribution in [0, 0.1) is 5.41 Å². The lowest BCUT2D eigenvalue weighted by Crippen LogP contribution is -2.29. The van der Waals surface area contributed by atoms with Gasteiger partial charge in [-0.3, -0.25) is 5.41 Å². The maximum absolute atomic E-state index is 7.43. The van der Waals surface area contributed by atoms with Gasteiger partial charge in [0, 0.05) is 24.7 Å². The summed E-state index contributed by atoms with van der Waals surface area (Å²) >= 11 is 0. The Kier molecular flexibility index (Phi) is 4.92. The lowest BCUT2D eigenvalue weighted by molar-refractivity contribution is 0.501. The summed E-state index contributed by atoms with van der Waals surface area (Å²) in [5.41, 5.74) is 6.59. The molecule has 0 saturated heterocycles. The number of nitrogens with zero attached hydrogens (tertiary/aromatic N) is 4. The van der Waals surface area contributed by atoms with Crippen LogP contribution in [0.25, 0.3) is 0 Å². The minimum Gasteiger partial charge on any atom is -0.388 e. The highest BCUT2D eigenvalue weighted by atomic mass is 15.4. The number of nitrogens with one attached hydrogen (secondary N) is 1. The molecule has 1 aromatic heterocycles. The highest BCUT2D eigenvalue weighted by Crippen LogP contribution is 2.17. The normalized spacial score (nSPS) is 10.8. The Morgan fingerprint density at radius 1 is 1.33 bits per heavy atom. The van der Waals surface area contributed by atoms with Gasteiger partial charge in [0.2, 0.25) is 0 Å². The molecule has 0 fully saturated rings. The summed E-state index contributed by atoms with van der Waals surface area (Å²) in [4.78, 5) is 6.53. The number of amidine groups is 1. The molecule has 0 spiro atoms. The van der Waals surface area contributed by atoms with Crippen molar-refractivity contribution in [1.82, 2.24) is 14.8 Å². The first-order valence-electron chi connectivity index (χ1n) is 7.09. The van der Waals surface area contributed by atoms with E-state index in [0.29, 0.717) is 19.5 Å². The fourth-order valence-corrected chi connectivity index (χ4v) is 2.18. The number of para-hydroxylation sites is 1. The summed E-state index contributed by atoms with van der Waals surface area (Å²) in [6.45, 7) is 5.50. The molecule has 112 valence electrons. The summed E-state index contributed by atoms with van der Waals surface area (Å²) in [6.07, 6.45) is 2.12. The van der Waals surface area contributed by atoms with Crippen LogP contribution in [0.4, 0.5) is 5.69 Å². The van der Waals surface area contributed by atoms with Crippen LogP contribution in [-0.2, 0) is 6.54 Å². The van der Waals surface area contributed by atoms with E-state index in [2.05, 4.69) is 41.0 Å². The van der Waals surface area contributed by atoms with Gasteiger partial charge in [-0.25, -0.2) is 9.67 Å². The summed E-state index contributed by atoms with van der Waals surface area (Å²) in [5.74, 6) is 1.11. The number of hydrogen-bond acceptors (Lipinski definition) is 4. The molecule has 2 aromatic rings. The third-order valence-electron chi connectivity index (χ3n) is 3.24. The Labute approximate surface area is 125 Å². The number of benzene rings is 1. The van der Waals surface area contributed by atoms with E-state index in [1.54, 1.807) is 6.33 Å². The van der Waals surface area contributed by atoms with Gasteiger partial charge in [-0.1, -0.05) is 18.2 Å². The minimum absolute atomic E-state index is 0.196. The topological polar surface area (TPSA) is 83.8 Å². The third kappa shape index (κ3) is 4.05. The van der Waals surface area contributed by atoms with Crippen LogP contribution < -0.4 is 10.6 Å². The lowest BCUT2D eigenvalue weighted by atomic mass is 10.2. The van der Waals surface area contributed by atoms with Crippen LogP contribution in [0.3, 0.4) is 0 Å². The van der Waals surface area contributed by atoms with Gasteiger partial charge in [0.25, 0.3) is 0 Å². The Morgan fingerprint density at radius 2 is 2.05 bits per heavy atom. The zero-order chi connectivity index (χ0) is 15.2. The van der Waals surface area contributed by atoms with Crippen molar-refractivity contribution in [3.05, 3.63) is 42.5 Å². The van der Waals surface area contributed by atoms with Crippen molar-refractivity contribution < 1.29 is 0 Å². The number of anilines is 1. The maximum Gasteiger partial charge on any atom is 0.146 e. The average Bonchev–Trinajstić information content (AvgIpc) is 2.92. The largest absolute Gasteiger partial charge is 0.388 e. The molecule has 1 heterocycles. The standard InChI is InChI=1S/C15H22N6/c1-12(2)21-15(18-11-19-21)10-20(9-8-14(16)17)13-6-4-3-5-7-13/h3-7,11-12H,8-10H2,1-2H3,(H3,16,17). The monoisotopic (exact) mass is 286 g/mol. The Balaban J connectivity index is 2.19. The van der Waals surface area contributed by atoms with Crippen LogP contribution in [0.15, 0.2) is 36.7 Å². The number of aromatic nitrogens is 3. The predicted molar refractivity (Wildman–Crippen MR) is 84.4 cm³/mol. The smallest absolute Gasteiger partial charge is 0.146 e. The quantitative estimate of drug-likeness (QED) is 0.603. The van der Waals surface area contributed by atoms with Crippen molar-refractivity contribution in [2.75, 3.05) is 11.4 Å². The van der Waals surface area contributed by atoms with Gasteiger partial charge >= 0.3 is 0 Å². The van der Waals surface area contributed by atoms with E-state index >= 15 is 0 Å². The molecule has 6 heteroatoms. The van der Waals surface area contributed by atoms with Crippen LogP contribution in [0.2, 0.25) is 0 Å². The van der Waals surface area contributed by atoms with Crippen molar-refractivity contribution in [2.24, 2.45) is 5.73 Å². The zero-order valence-electron chi connectivity index (χ0n) is 12.5. The molecule has 21 heavy (non-hydrogen) atoms. The number of rotatable bonds is 7. The molecule has 6 nitrogen and oxygen atoms in total. The molecule has 1 aromatic carbocycles. The lowest BCUT2D eigenvalue weighted by Gasteiger charge is -2.25. The van der Waals surface area contributed by atoms with Gasteiger partial charge < -0.3 is 10.6 Å². The highest BCUT2D eigenvalue weighted by molar-refractivity contribution is 5.77. The summed E-state index contributed by atoms with van der Waals surface area (Å²) in [7, 11) is 0. The SMILES string of the molecule is CC(C)n1ncnc1CN(CCC(=N)N)c1ccccc1. The van der Waals surface area contributed by atoms with E-state index in [9.17, 15) is 0 Å². The second-order valence-corrected chi connectivity index (χ2v) is 5.25. The molecular weight excluding hydrogens is 264 g/mol. The highest BCUT2D eigenvalue weighted by Gasteiger charge is 2.13. The van der Waals surface area contributed by atoms with E-state index in [4.69, 9.17) is 11.1 Å². The molecule has 0 radical (unpaired) electrons. The van der Waals surface area contributed by atoms with Crippen LogP contribution in [0.1, 0.15) is 32.1 Å². The van der Waals surface area contributed by atoms with E-state index < -0.39 is 0 Å². The molecule has 2 rings (SSSR count). The average molecular weight is 286 g/mol. The van der Waals surface area contributed by atoms with Crippen molar-refractivity contribution in [2.45, 2.75) is 32.9 Å². The van der Waals surface area contributed by atoms with Crippen molar-refractivity contribution >= 4 is 11.5 Å². The van der Waals surface area contributed by atoms with Gasteiger partial charge in [0.15, 0.2) is 0 Å². The minimum atomic E-state index is 0.196. The van der Waals surface area contributed by atoms with Crippen LogP contribution >= 0.6 is 0 Å². The summed E-state index contributed by atoms with van der Waals surface area (Å²) in [6, 6.07) is 10.4. The molecule has 3 N–H and O–H groups in total. The number of nitrogens with two attached hydrogens (primary N) is 1. The fourth-order valence-electron chi connectivity index (χ4n) is 2.18. The van der Waals surface area contributed by atoms with Crippen LogP contribution in [-0.4, -0.2) is 27.1 Å². The molecule has 0 aliphatic rings. The Hall–Kier alpha value is -2.37. The first-order chi connectivity index (χ1) is 10.1. The number of hydrogen-bond donors (Lipinski definition) is 2. The van der Waals surface area contributed by atoms with Gasteiger partial charge in [0.1, 0.15) is 12.2 Å². The first-order valence-corrected chi connectivity index (χ1v) is 7.09. The van der Waals surface area contributed by atoms with Gasteiger partial charge in [-0.2, -0.15) is 5.10 Å². The van der Waals surface area contributed by atoms with Gasteiger partial charge in [-0.15, -0.1) is 0 Å². The second kappa shape index (κ2) is 6.88. The zero-order valence-corrected chi connectivity index (χ0v) is 12.5. The van der Waals surface area contributed by atoms with E-state index in [1.165, 1.54) is 0 Å². The third-order valence-corrected chi connectivity index (χ3v) is 3.24. The van der Waals surface area contributed by atoms with E-state index in [0.717, 1.165) is 11.5 Å². The fraction of sp³-hybridized carbons (Fsp3) is 0.400. The van der Waals surface area contributed by atoms with E-state index in [1.807, 2.05) is 22.9 Å². The molecule has 0 aliphatic heterocycles. The molecule has 0 amide bonds. The van der Waals surface area contributed by atoms with Gasteiger partial charge in [0.05, 0.1) is 12.4 Å². The van der Waals surface area contributed by atoms with Gasteiger partial charge in [-0.05, 0) is 26.0 Å². The molecule has 0 saturated carbocycles. The summed E-state index contributed by atoms with van der Waals surface area (Å²) < 4.78 is 1.92. The second-order valence-electron chi connectivity index (χ2n) is 5.25. The van der Waals surface area contributed by atoms with Crippen LogP contribution in [0.5, 0.6) is 0 Å². The molecule has 0 aliphatic carbocycles. The molecule has 0 atom stereocenters. The first kappa shape index (κ1) is 15.0. The van der Waals surface area contributed by atoms with Crippen molar-refractivity contribution in [1.29, 1.82) is 5.41 Å². The van der Waals surface area contributed by atoms with Crippen molar-refractivity contribution in [3.8, 4) is 0 Å². The van der Waals surface area contributed by atoms with Crippen molar-refractivity contribution in [3.63, 3.8) is 0 Å². The maximum atomic E-state index is 7.43. The molecule has 0 unspecified atom stereocenters.